The molecule has 170 valence electrons. The van der Waals surface area contributed by atoms with Gasteiger partial charge in [-0.25, -0.2) is 4.98 Å². The molecular weight excluding hydrogens is 406 g/mol. The molecule has 1 saturated heterocycles. The Morgan fingerprint density at radius 3 is 2.56 bits per heavy atom. The molecule has 32 heavy (non-hydrogen) atoms. The Morgan fingerprint density at radius 1 is 0.969 bits per heavy atom. The van der Waals surface area contributed by atoms with Gasteiger partial charge in [-0.1, -0.05) is 32.0 Å². The molecule has 0 aliphatic carbocycles. The zero-order chi connectivity index (χ0) is 22.3. The maximum absolute atomic E-state index is 9.18. The Hall–Kier alpha value is -3.10. The second-order valence-corrected chi connectivity index (χ2v) is 7.49. The van der Waals surface area contributed by atoms with Crippen molar-refractivity contribution in [1.82, 2.24) is 14.9 Å². The maximum Gasteiger partial charge on any atom is 0.231 e. The van der Waals surface area contributed by atoms with Crippen molar-refractivity contribution in [3.05, 3.63) is 48.0 Å². The van der Waals surface area contributed by atoms with Crippen LogP contribution in [0.4, 0.5) is 11.8 Å². The van der Waals surface area contributed by atoms with Gasteiger partial charge < -0.3 is 24.8 Å². The third kappa shape index (κ3) is 4.87. The first-order chi connectivity index (χ1) is 15.8. The molecule has 0 radical (unpaired) electrons. The number of piperazine rings is 1. The highest BCUT2D eigenvalue weighted by molar-refractivity contribution is 5.90. The highest BCUT2D eigenvalue weighted by Crippen LogP contribution is 2.33. The monoisotopic (exact) mass is 437 g/mol. The van der Waals surface area contributed by atoms with Crippen LogP contribution in [-0.4, -0.2) is 66.1 Å². The lowest BCUT2D eigenvalue weighted by atomic mass is 10.1. The van der Waals surface area contributed by atoms with Crippen molar-refractivity contribution in [2.75, 3.05) is 56.3 Å². The largest absolute Gasteiger partial charge is 0.454 e. The quantitative estimate of drug-likeness (QED) is 0.609. The minimum Gasteiger partial charge on any atom is -0.454 e. The van der Waals surface area contributed by atoms with Crippen LogP contribution in [0.15, 0.2) is 42.5 Å². The van der Waals surface area contributed by atoms with E-state index >= 15 is 0 Å². The molecule has 2 aliphatic rings. The number of aliphatic hydroxyl groups is 1. The van der Waals surface area contributed by atoms with Crippen LogP contribution in [0.3, 0.4) is 0 Å². The summed E-state index contributed by atoms with van der Waals surface area (Å²) in [5.74, 6) is 3.16. The van der Waals surface area contributed by atoms with Crippen LogP contribution < -0.4 is 19.7 Å². The average molecular weight is 438 g/mol. The summed E-state index contributed by atoms with van der Waals surface area (Å²) >= 11 is 0. The number of aromatic nitrogens is 2. The van der Waals surface area contributed by atoms with Crippen molar-refractivity contribution in [1.29, 1.82) is 0 Å². The van der Waals surface area contributed by atoms with Gasteiger partial charge in [0.1, 0.15) is 5.82 Å². The third-order valence-electron chi connectivity index (χ3n) is 5.49. The number of aliphatic hydroxyl groups excluding tert-OH is 1. The fourth-order valence-electron chi connectivity index (χ4n) is 3.92. The highest BCUT2D eigenvalue weighted by Gasteiger charge is 2.21. The smallest absolute Gasteiger partial charge is 0.231 e. The fraction of sp³-hybridized carbons (Fsp3) is 0.417. The Labute approximate surface area is 188 Å². The van der Waals surface area contributed by atoms with Gasteiger partial charge in [0, 0.05) is 44.7 Å². The molecule has 0 spiro atoms. The number of ether oxygens (including phenoxy) is 2. The van der Waals surface area contributed by atoms with Gasteiger partial charge in [0.15, 0.2) is 11.5 Å². The molecule has 0 bridgehead atoms. The van der Waals surface area contributed by atoms with Crippen LogP contribution >= 0.6 is 0 Å². The van der Waals surface area contributed by atoms with Gasteiger partial charge in [-0.2, -0.15) is 4.98 Å². The van der Waals surface area contributed by atoms with E-state index in [0.29, 0.717) is 13.3 Å². The number of benzene rings is 2. The summed E-state index contributed by atoms with van der Waals surface area (Å²) < 4.78 is 10.9. The van der Waals surface area contributed by atoms with E-state index in [1.807, 2.05) is 44.2 Å². The summed E-state index contributed by atoms with van der Waals surface area (Å²) in [7, 11) is 0. The van der Waals surface area contributed by atoms with Crippen LogP contribution in [0, 0.1) is 0 Å². The minimum atomic E-state index is 0.0617. The van der Waals surface area contributed by atoms with Crippen LogP contribution in [0.25, 0.3) is 10.9 Å². The molecule has 2 aromatic carbocycles. The zero-order valence-electron chi connectivity index (χ0n) is 18.8. The summed E-state index contributed by atoms with van der Waals surface area (Å²) in [6.45, 7) is 9.30. The van der Waals surface area contributed by atoms with Crippen molar-refractivity contribution < 1.29 is 14.6 Å². The van der Waals surface area contributed by atoms with Crippen molar-refractivity contribution in [2.45, 2.75) is 20.4 Å². The number of hydrogen-bond acceptors (Lipinski definition) is 8. The molecule has 5 rings (SSSR count). The Bertz CT molecular complexity index is 1040. The first kappa shape index (κ1) is 22.1. The minimum absolute atomic E-state index is 0.0617. The average Bonchev–Trinajstić information content (AvgIpc) is 3.32. The SMILES string of the molecule is CC.OCCNc1nc(N2CCN(Cc3ccc4c(c3)OCO4)CC2)nc2ccccc12. The third-order valence-corrected chi connectivity index (χ3v) is 5.49. The van der Waals surface area contributed by atoms with E-state index in [9.17, 15) is 5.11 Å². The normalized spacial score (nSPS) is 15.4. The lowest BCUT2D eigenvalue weighted by Crippen LogP contribution is -2.46. The van der Waals surface area contributed by atoms with Gasteiger partial charge in [-0.05, 0) is 29.8 Å². The lowest BCUT2D eigenvalue weighted by molar-refractivity contribution is 0.174. The maximum atomic E-state index is 9.18. The number of nitrogens with zero attached hydrogens (tertiary/aromatic N) is 4. The lowest BCUT2D eigenvalue weighted by Gasteiger charge is -2.35. The van der Waals surface area contributed by atoms with Crippen LogP contribution in [0.1, 0.15) is 19.4 Å². The summed E-state index contributed by atoms with van der Waals surface area (Å²) in [6, 6.07) is 14.1. The highest BCUT2D eigenvalue weighted by atomic mass is 16.7. The molecule has 8 nitrogen and oxygen atoms in total. The first-order valence-electron chi connectivity index (χ1n) is 11.3. The second-order valence-electron chi connectivity index (χ2n) is 7.49. The second kappa shape index (κ2) is 10.5. The number of anilines is 2. The van der Waals surface area contributed by atoms with Crippen LogP contribution in [0.2, 0.25) is 0 Å². The molecule has 0 saturated carbocycles. The molecule has 0 unspecified atom stereocenters. The summed E-state index contributed by atoms with van der Waals surface area (Å²) in [6.07, 6.45) is 0. The molecule has 8 heteroatoms. The van der Waals surface area contributed by atoms with Gasteiger partial charge in [0.25, 0.3) is 0 Å². The van der Waals surface area contributed by atoms with Crippen molar-refractivity contribution in [2.24, 2.45) is 0 Å². The van der Waals surface area contributed by atoms with Gasteiger partial charge in [0.2, 0.25) is 12.7 Å². The molecule has 2 aliphatic heterocycles. The molecule has 1 aromatic heterocycles. The molecule has 1 fully saturated rings. The topological polar surface area (TPSA) is 83.0 Å². The number of fused-ring (bicyclic) bond motifs is 2. The van der Waals surface area contributed by atoms with E-state index in [1.54, 1.807) is 0 Å². The summed E-state index contributed by atoms with van der Waals surface area (Å²) in [5.41, 5.74) is 2.14. The van der Waals surface area contributed by atoms with E-state index in [4.69, 9.17) is 19.4 Å². The van der Waals surface area contributed by atoms with Crippen LogP contribution in [0.5, 0.6) is 11.5 Å². The molecule has 2 N–H and O–H groups in total. The van der Waals surface area contributed by atoms with E-state index in [-0.39, 0.29) is 6.61 Å². The number of rotatable bonds is 6. The Kier molecular flexibility index (Phi) is 7.24. The Balaban J connectivity index is 0.00000119. The predicted octanol–water partition coefficient (Wildman–Crippen LogP) is 3.11. The first-order valence-corrected chi connectivity index (χ1v) is 11.3. The van der Waals surface area contributed by atoms with E-state index in [0.717, 1.165) is 66.9 Å². The van der Waals surface area contributed by atoms with Gasteiger partial charge in [0.05, 0.1) is 12.1 Å². The van der Waals surface area contributed by atoms with E-state index in [1.165, 1.54) is 5.56 Å². The molecule has 0 atom stereocenters. The number of nitrogens with one attached hydrogen (secondary N) is 1. The van der Waals surface area contributed by atoms with Gasteiger partial charge in [-0.15, -0.1) is 0 Å². The van der Waals surface area contributed by atoms with Crippen molar-refractivity contribution >= 4 is 22.7 Å². The summed E-state index contributed by atoms with van der Waals surface area (Å²) in [4.78, 5) is 14.2. The molecule has 3 heterocycles. The number of para-hydroxylation sites is 1. The number of hydrogen-bond donors (Lipinski definition) is 2. The summed E-state index contributed by atoms with van der Waals surface area (Å²) in [5, 5.41) is 13.4. The molecule has 3 aromatic rings. The van der Waals surface area contributed by atoms with Crippen LogP contribution in [-0.2, 0) is 6.54 Å². The van der Waals surface area contributed by atoms with Crippen molar-refractivity contribution in [3.63, 3.8) is 0 Å². The molecule has 0 amide bonds. The molecular formula is C24H31N5O3. The standard InChI is InChI=1S/C22H25N5O3.C2H6/c28-12-7-23-21-17-3-1-2-4-18(17)24-22(25-21)27-10-8-26(9-11-27)14-16-5-6-19-20(13-16)30-15-29-19;1-2/h1-6,13,28H,7-12,14-15H2,(H,23,24,25);1-2H3. The van der Waals surface area contributed by atoms with E-state index in [2.05, 4.69) is 27.2 Å². The van der Waals surface area contributed by atoms with Crippen molar-refractivity contribution in [3.8, 4) is 11.5 Å². The van der Waals surface area contributed by atoms with Gasteiger partial charge in [-0.3, -0.25) is 4.90 Å². The zero-order valence-corrected chi connectivity index (χ0v) is 18.8. The fourth-order valence-corrected chi connectivity index (χ4v) is 3.92. The van der Waals surface area contributed by atoms with Gasteiger partial charge >= 0.3 is 0 Å². The Morgan fingerprint density at radius 2 is 1.75 bits per heavy atom. The van der Waals surface area contributed by atoms with E-state index < -0.39 is 0 Å². The predicted molar refractivity (Wildman–Crippen MR) is 127 cm³/mol.